The molecule has 1 aromatic rings. The summed E-state index contributed by atoms with van der Waals surface area (Å²) < 4.78 is 4.79. The van der Waals surface area contributed by atoms with E-state index in [1.165, 1.54) is 0 Å². The van der Waals surface area contributed by atoms with E-state index < -0.39 is 0 Å². The molecule has 0 aliphatic carbocycles. The van der Waals surface area contributed by atoms with E-state index in [4.69, 9.17) is 9.78 Å². The lowest BCUT2D eigenvalue weighted by atomic mass is 9.88. The van der Waals surface area contributed by atoms with E-state index in [1.807, 2.05) is 6.07 Å². The Hall–Kier alpha value is -1.34. The van der Waals surface area contributed by atoms with Gasteiger partial charge in [0.05, 0.1) is 17.7 Å². The molecule has 1 saturated heterocycles. The molecule has 0 N–H and O–H groups in total. The van der Waals surface area contributed by atoms with Crippen LogP contribution < -0.4 is 0 Å². The molecule has 1 aliphatic rings. The van der Waals surface area contributed by atoms with Crippen molar-refractivity contribution in [2.45, 2.75) is 19.9 Å². The maximum Gasteiger partial charge on any atom is 0.124 e. The number of nitriles is 1. The summed E-state index contributed by atoms with van der Waals surface area (Å²) in [6, 6.07) is 4.25. The lowest BCUT2D eigenvalue weighted by Gasteiger charge is -2.32. The molecular weight excluding hydrogens is 190 g/mol. The van der Waals surface area contributed by atoms with Crippen molar-refractivity contribution in [1.29, 1.82) is 5.26 Å². The number of hydrogen-bond acceptors (Lipinski definition) is 4. The molecule has 1 aliphatic heterocycles. The SMILES string of the molecule is CC1CCN(Cc2ccon2)CC1C#N. The van der Waals surface area contributed by atoms with E-state index in [9.17, 15) is 0 Å². The quantitative estimate of drug-likeness (QED) is 0.736. The highest BCUT2D eigenvalue weighted by Crippen LogP contribution is 2.23. The molecule has 80 valence electrons. The summed E-state index contributed by atoms with van der Waals surface area (Å²) in [5.41, 5.74) is 0.946. The highest BCUT2D eigenvalue weighted by molar-refractivity contribution is 4.98. The van der Waals surface area contributed by atoms with Crippen LogP contribution in [-0.4, -0.2) is 23.1 Å². The largest absolute Gasteiger partial charge is 0.364 e. The predicted molar refractivity (Wildman–Crippen MR) is 54.7 cm³/mol. The second-order valence-electron chi connectivity index (χ2n) is 4.23. The van der Waals surface area contributed by atoms with Gasteiger partial charge in [-0.2, -0.15) is 5.26 Å². The van der Waals surface area contributed by atoms with E-state index >= 15 is 0 Å². The second kappa shape index (κ2) is 4.45. The van der Waals surface area contributed by atoms with Gasteiger partial charge in [-0.05, 0) is 18.9 Å². The Kier molecular flexibility index (Phi) is 3.02. The van der Waals surface area contributed by atoms with Crippen molar-refractivity contribution in [1.82, 2.24) is 10.1 Å². The van der Waals surface area contributed by atoms with Gasteiger partial charge in [0.1, 0.15) is 6.26 Å². The van der Waals surface area contributed by atoms with Crippen LogP contribution in [0.5, 0.6) is 0 Å². The van der Waals surface area contributed by atoms with Gasteiger partial charge in [-0.1, -0.05) is 12.1 Å². The second-order valence-corrected chi connectivity index (χ2v) is 4.23. The van der Waals surface area contributed by atoms with Gasteiger partial charge in [0, 0.05) is 19.2 Å². The molecule has 2 heterocycles. The predicted octanol–water partition coefficient (Wildman–Crippen LogP) is 1.66. The summed E-state index contributed by atoms with van der Waals surface area (Å²) in [4.78, 5) is 2.27. The lowest BCUT2D eigenvalue weighted by molar-refractivity contribution is 0.147. The number of piperidine rings is 1. The van der Waals surface area contributed by atoms with E-state index in [0.717, 1.165) is 31.7 Å². The molecule has 1 fully saturated rings. The zero-order valence-electron chi connectivity index (χ0n) is 8.89. The number of aromatic nitrogens is 1. The minimum atomic E-state index is 0.158. The fourth-order valence-electron chi connectivity index (χ4n) is 2.00. The fourth-order valence-corrected chi connectivity index (χ4v) is 2.00. The Morgan fingerprint density at radius 2 is 2.60 bits per heavy atom. The molecule has 0 amide bonds. The molecule has 4 heteroatoms. The standard InChI is InChI=1S/C11H15N3O/c1-9-2-4-14(7-10(9)6-12)8-11-3-5-15-13-11/h3,5,9-10H,2,4,7-8H2,1H3. The average molecular weight is 205 g/mol. The number of nitrogens with zero attached hydrogens (tertiary/aromatic N) is 3. The van der Waals surface area contributed by atoms with Crippen LogP contribution in [0, 0.1) is 23.2 Å². The Balaban J connectivity index is 1.93. The first-order chi connectivity index (χ1) is 7.29. The van der Waals surface area contributed by atoms with Gasteiger partial charge in [-0.25, -0.2) is 0 Å². The Bertz CT molecular complexity index is 341. The summed E-state index contributed by atoms with van der Waals surface area (Å²) in [5, 5.41) is 12.9. The van der Waals surface area contributed by atoms with E-state index in [2.05, 4.69) is 23.0 Å². The molecule has 2 atom stereocenters. The maximum atomic E-state index is 8.99. The van der Waals surface area contributed by atoms with Crippen molar-refractivity contribution in [3.63, 3.8) is 0 Å². The third-order valence-electron chi connectivity index (χ3n) is 3.09. The van der Waals surface area contributed by atoms with Crippen molar-refractivity contribution >= 4 is 0 Å². The van der Waals surface area contributed by atoms with Gasteiger partial charge in [0.2, 0.25) is 0 Å². The maximum absolute atomic E-state index is 8.99. The molecular formula is C11H15N3O. The smallest absolute Gasteiger partial charge is 0.124 e. The third-order valence-corrected chi connectivity index (χ3v) is 3.09. The van der Waals surface area contributed by atoms with Gasteiger partial charge in [0.15, 0.2) is 0 Å². The first-order valence-corrected chi connectivity index (χ1v) is 5.31. The van der Waals surface area contributed by atoms with E-state index in [-0.39, 0.29) is 5.92 Å². The van der Waals surface area contributed by atoms with Crippen molar-refractivity contribution in [2.75, 3.05) is 13.1 Å². The molecule has 0 saturated carbocycles. The van der Waals surface area contributed by atoms with E-state index in [1.54, 1.807) is 6.26 Å². The van der Waals surface area contributed by atoms with Gasteiger partial charge >= 0.3 is 0 Å². The van der Waals surface area contributed by atoms with Crippen LogP contribution in [0.3, 0.4) is 0 Å². The van der Waals surface area contributed by atoms with Crippen LogP contribution in [0.1, 0.15) is 19.0 Å². The van der Waals surface area contributed by atoms with Gasteiger partial charge in [-0.15, -0.1) is 0 Å². The number of rotatable bonds is 2. The average Bonchev–Trinajstić information content (AvgIpc) is 2.73. The summed E-state index contributed by atoms with van der Waals surface area (Å²) in [7, 11) is 0. The molecule has 2 unspecified atom stereocenters. The molecule has 15 heavy (non-hydrogen) atoms. The first kappa shape index (κ1) is 10.2. The lowest BCUT2D eigenvalue weighted by Crippen LogP contribution is -2.38. The topological polar surface area (TPSA) is 53.1 Å². The normalized spacial score (nSPS) is 27.5. The van der Waals surface area contributed by atoms with Crippen molar-refractivity contribution < 1.29 is 4.52 Å². The molecule has 0 aromatic carbocycles. The van der Waals surface area contributed by atoms with Crippen LogP contribution in [0.15, 0.2) is 16.9 Å². The van der Waals surface area contributed by atoms with Crippen molar-refractivity contribution in [2.24, 2.45) is 11.8 Å². The van der Waals surface area contributed by atoms with Crippen LogP contribution in [-0.2, 0) is 6.54 Å². The first-order valence-electron chi connectivity index (χ1n) is 5.31. The van der Waals surface area contributed by atoms with Crippen LogP contribution >= 0.6 is 0 Å². The number of hydrogen-bond donors (Lipinski definition) is 0. The van der Waals surface area contributed by atoms with Gasteiger partial charge in [-0.3, -0.25) is 4.90 Å². The minimum Gasteiger partial charge on any atom is -0.364 e. The van der Waals surface area contributed by atoms with E-state index in [0.29, 0.717) is 5.92 Å². The summed E-state index contributed by atoms with van der Waals surface area (Å²) in [6.07, 6.45) is 2.68. The zero-order valence-corrected chi connectivity index (χ0v) is 8.89. The molecule has 2 rings (SSSR count). The minimum absolute atomic E-state index is 0.158. The summed E-state index contributed by atoms with van der Waals surface area (Å²) >= 11 is 0. The van der Waals surface area contributed by atoms with Crippen LogP contribution in [0.2, 0.25) is 0 Å². The van der Waals surface area contributed by atoms with Crippen LogP contribution in [0.25, 0.3) is 0 Å². The molecule has 1 aromatic heterocycles. The Morgan fingerprint density at radius 3 is 3.27 bits per heavy atom. The molecule has 0 spiro atoms. The third kappa shape index (κ3) is 2.37. The highest BCUT2D eigenvalue weighted by Gasteiger charge is 2.26. The summed E-state index contributed by atoms with van der Waals surface area (Å²) in [5.74, 6) is 0.675. The van der Waals surface area contributed by atoms with Gasteiger partial charge in [0.25, 0.3) is 0 Å². The van der Waals surface area contributed by atoms with Crippen LogP contribution in [0.4, 0.5) is 0 Å². The molecule has 0 radical (unpaired) electrons. The molecule has 4 nitrogen and oxygen atoms in total. The zero-order chi connectivity index (χ0) is 10.7. The molecule has 0 bridgehead atoms. The van der Waals surface area contributed by atoms with Crippen molar-refractivity contribution in [3.8, 4) is 6.07 Å². The highest BCUT2D eigenvalue weighted by atomic mass is 16.5. The van der Waals surface area contributed by atoms with Gasteiger partial charge < -0.3 is 4.52 Å². The Morgan fingerprint density at radius 1 is 1.73 bits per heavy atom. The fraction of sp³-hybridized carbons (Fsp3) is 0.636. The number of likely N-dealkylation sites (tertiary alicyclic amines) is 1. The Labute approximate surface area is 89.5 Å². The summed E-state index contributed by atoms with van der Waals surface area (Å²) in [6.45, 7) is 4.85. The monoisotopic (exact) mass is 205 g/mol. The van der Waals surface area contributed by atoms with Crippen molar-refractivity contribution in [3.05, 3.63) is 18.0 Å².